The summed E-state index contributed by atoms with van der Waals surface area (Å²) < 4.78 is 1.65. The van der Waals surface area contributed by atoms with Crippen molar-refractivity contribution >= 4 is 5.91 Å². The van der Waals surface area contributed by atoms with Crippen LogP contribution >= 0.6 is 0 Å². The Labute approximate surface area is 113 Å². The van der Waals surface area contributed by atoms with Gasteiger partial charge in [0.2, 0.25) is 0 Å². The quantitative estimate of drug-likeness (QED) is 0.894. The Kier molecular flexibility index (Phi) is 4.00. The van der Waals surface area contributed by atoms with Crippen molar-refractivity contribution in [3.8, 4) is 0 Å². The number of nitrogens with two attached hydrogens (primary N) is 1. The molecule has 0 fully saturated rings. The number of benzene rings is 1. The zero-order valence-corrected chi connectivity index (χ0v) is 11.3. The van der Waals surface area contributed by atoms with Gasteiger partial charge < -0.3 is 5.73 Å². The predicted molar refractivity (Wildman–Crippen MR) is 74.9 cm³/mol. The molecule has 2 N–H and O–H groups in total. The number of hydrogen-bond donors (Lipinski definition) is 1. The van der Waals surface area contributed by atoms with Crippen LogP contribution in [0.15, 0.2) is 36.5 Å². The zero-order chi connectivity index (χ0) is 13.8. The Bertz CT molecular complexity index is 560. The van der Waals surface area contributed by atoms with Crippen LogP contribution < -0.4 is 5.73 Å². The Morgan fingerprint density at radius 3 is 2.63 bits per heavy atom. The van der Waals surface area contributed by atoms with Crippen LogP contribution in [0.1, 0.15) is 47.3 Å². The van der Waals surface area contributed by atoms with Gasteiger partial charge in [-0.1, -0.05) is 43.7 Å². The monoisotopic (exact) mass is 257 g/mol. The summed E-state index contributed by atoms with van der Waals surface area (Å²) in [7, 11) is 1.81. The van der Waals surface area contributed by atoms with Crippen molar-refractivity contribution in [3.63, 3.8) is 0 Å². The second kappa shape index (κ2) is 5.69. The second-order valence-corrected chi connectivity index (χ2v) is 4.72. The van der Waals surface area contributed by atoms with Crippen molar-refractivity contribution in [2.45, 2.75) is 25.7 Å². The van der Waals surface area contributed by atoms with Crippen molar-refractivity contribution in [2.24, 2.45) is 12.8 Å². The average Bonchev–Trinajstić information content (AvgIpc) is 2.79. The van der Waals surface area contributed by atoms with Crippen molar-refractivity contribution in [2.75, 3.05) is 0 Å². The third-order valence-electron chi connectivity index (χ3n) is 3.23. The molecule has 0 aliphatic carbocycles. The molecular formula is C15H19N3O. The molecule has 1 heterocycles. The molecule has 0 aliphatic rings. The molecule has 1 aromatic heterocycles. The van der Waals surface area contributed by atoms with Crippen LogP contribution in [0.25, 0.3) is 0 Å². The van der Waals surface area contributed by atoms with E-state index in [-0.39, 0.29) is 5.92 Å². The molecule has 2 rings (SSSR count). The summed E-state index contributed by atoms with van der Waals surface area (Å²) in [4.78, 5) is 11.5. The lowest BCUT2D eigenvalue weighted by Crippen LogP contribution is -2.15. The highest BCUT2D eigenvalue weighted by Crippen LogP contribution is 2.30. The SMILES string of the molecule is CCCC(c1ccccc1)c1nn(C)cc1C(N)=O. The van der Waals surface area contributed by atoms with Gasteiger partial charge in [0.15, 0.2) is 0 Å². The van der Waals surface area contributed by atoms with Gasteiger partial charge in [0.05, 0.1) is 11.3 Å². The summed E-state index contributed by atoms with van der Waals surface area (Å²) in [5.74, 6) is -0.296. The lowest BCUT2D eigenvalue weighted by molar-refractivity contribution is 0.0999. The average molecular weight is 257 g/mol. The van der Waals surface area contributed by atoms with E-state index >= 15 is 0 Å². The highest BCUT2D eigenvalue weighted by atomic mass is 16.1. The van der Waals surface area contributed by atoms with E-state index in [1.807, 2.05) is 25.2 Å². The maximum Gasteiger partial charge on any atom is 0.252 e. The zero-order valence-electron chi connectivity index (χ0n) is 11.3. The van der Waals surface area contributed by atoms with Crippen LogP contribution in [0.4, 0.5) is 0 Å². The van der Waals surface area contributed by atoms with Gasteiger partial charge in [-0.3, -0.25) is 9.48 Å². The number of aromatic nitrogens is 2. The molecule has 1 amide bonds. The molecule has 0 saturated heterocycles. The van der Waals surface area contributed by atoms with E-state index in [1.165, 1.54) is 5.56 Å². The summed E-state index contributed by atoms with van der Waals surface area (Å²) in [5.41, 5.74) is 7.92. The standard InChI is InChI=1S/C15H19N3O/c1-3-7-12(11-8-5-4-6-9-11)14-13(15(16)19)10-18(2)17-14/h4-6,8-10,12H,3,7H2,1-2H3,(H2,16,19). The summed E-state index contributed by atoms with van der Waals surface area (Å²) in [6.45, 7) is 2.13. The van der Waals surface area contributed by atoms with Crippen LogP contribution in [-0.4, -0.2) is 15.7 Å². The Balaban J connectivity index is 2.48. The lowest BCUT2D eigenvalue weighted by atomic mass is 9.89. The molecule has 19 heavy (non-hydrogen) atoms. The molecular weight excluding hydrogens is 238 g/mol. The molecule has 0 spiro atoms. The van der Waals surface area contributed by atoms with E-state index in [9.17, 15) is 4.79 Å². The maximum atomic E-state index is 11.5. The van der Waals surface area contributed by atoms with E-state index in [1.54, 1.807) is 10.9 Å². The molecule has 0 saturated carbocycles. The Hall–Kier alpha value is -2.10. The van der Waals surface area contributed by atoms with E-state index in [2.05, 4.69) is 24.2 Å². The number of amides is 1. The molecule has 2 aromatic rings. The van der Waals surface area contributed by atoms with Gasteiger partial charge in [0.1, 0.15) is 0 Å². The summed E-state index contributed by atoms with van der Waals surface area (Å²) in [5, 5.41) is 4.44. The fraction of sp³-hybridized carbons (Fsp3) is 0.333. The van der Waals surface area contributed by atoms with Crippen LogP contribution in [0.3, 0.4) is 0 Å². The number of carbonyl (C=O) groups excluding carboxylic acids is 1. The number of nitrogens with zero attached hydrogens (tertiary/aromatic N) is 2. The van der Waals surface area contributed by atoms with Crippen molar-refractivity contribution in [3.05, 3.63) is 53.3 Å². The first-order valence-corrected chi connectivity index (χ1v) is 6.51. The summed E-state index contributed by atoms with van der Waals surface area (Å²) >= 11 is 0. The molecule has 4 heteroatoms. The number of primary amides is 1. The molecule has 4 nitrogen and oxygen atoms in total. The van der Waals surface area contributed by atoms with Gasteiger partial charge in [-0.25, -0.2) is 0 Å². The fourth-order valence-electron chi connectivity index (χ4n) is 2.39. The molecule has 0 radical (unpaired) electrons. The third kappa shape index (κ3) is 2.84. The van der Waals surface area contributed by atoms with Crippen LogP contribution in [0.2, 0.25) is 0 Å². The normalized spacial score (nSPS) is 12.3. The van der Waals surface area contributed by atoms with Crippen molar-refractivity contribution < 1.29 is 4.79 Å². The van der Waals surface area contributed by atoms with Gasteiger partial charge in [-0.15, -0.1) is 0 Å². The predicted octanol–water partition coefficient (Wildman–Crippen LogP) is 2.45. The van der Waals surface area contributed by atoms with E-state index in [0.29, 0.717) is 5.56 Å². The number of hydrogen-bond acceptors (Lipinski definition) is 2. The molecule has 1 aromatic carbocycles. The van der Waals surface area contributed by atoms with Gasteiger partial charge >= 0.3 is 0 Å². The fourth-order valence-corrected chi connectivity index (χ4v) is 2.39. The van der Waals surface area contributed by atoms with Gasteiger partial charge in [0.25, 0.3) is 5.91 Å². The summed E-state index contributed by atoms with van der Waals surface area (Å²) in [6.07, 6.45) is 3.67. The first kappa shape index (κ1) is 13.3. The number of rotatable bonds is 5. The van der Waals surface area contributed by atoms with Gasteiger partial charge in [-0.05, 0) is 12.0 Å². The minimum atomic E-state index is -0.417. The first-order chi connectivity index (χ1) is 9.13. The van der Waals surface area contributed by atoms with E-state index < -0.39 is 5.91 Å². The van der Waals surface area contributed by atoms with Crippen LogP contribution in [-0.2, 0) is 7.05 Å². The summed E-state index contributed by atoms with van der Waals surface area (Å²) in [6, 6.07) is 10.1. The second-order valence-electron chi connectivity index (χ2n) is 4.72. The van der Waals surface area contributed by atoms with Crippen LogP contribution in [0.5, 0.6) is 0 Å². The number of aryl methyl sites for hydroxylation is 1. The molecule has 0 bridgehead atoms. The Morgan fingerprint density at radius 2 is 2.05 bits per heavy atom. The smallest absolute Gasteiger partial charge is 0.252 e. The lowest BCUT2D eigenvalue weighted by Gasteiger charge is -2.15. The van der Waals surface area contributed by atoms with Crippen LogP contribution in [0, 0.1) is 0 Å². The van der Waals surface area contributed by atoms with Crippen molar-refractivity contribution in [1.82, 2.24) is 9.78 Å². The van der Waals surface area contributed by atoms with Crippen molar-refractivity contribution in [1.29, 1.82) is 0 Å². The topological polar surface area (TPSA) is 60.9 Å². The molecule has 0 aliphatic heterocycles. The molecule has 1 unspecified atom stereocenters. The minimum Gasteiger partial charge on any atom is -0.365 e. The van der Waals surface area contributed by atoms with E-state index in [0.717, 1.165) is 18.5 Å². The largest absolute Gasteiger partial charge is 0.365 e. The molecule has 1 atom stereocenters. The molecule has 100 valence electrons. The number of carbonyl (C=O) groups is 1. The Morgan fingerprint density at radius 1 is 1.37 bits per heavy atom. The minimum absolute atomic E-state index is 0.120. The van der Waals surface area contributed by atoms with Gasteiger partial charge in [-0.2, -0.15) is 5.10 Å². The highest BCUT2D eigenvalue weighted by molar-refractivity contribution is 5.94. The highest BCUT2D eigenvalue weighted by Gasteiger charge is 2.22. The maximum absolute atomic E-state index is 11.5. The first-order valence-electron chi connectivity index (χ1n) is 6.51. The van der Waals surface area contributed by atoms with Gasteiger partial charge in [0, 0.05) is 19.2 Å². The third-order valence-corrected chi connectivity index (χ3v) is 3.23. The van der Waals surface area contributed by atoms with E-state index in [4.69, 9.17) is 5.73 Å².